The van der Waals surface area contributed by atoms with E-state index < -0.39 is 5.97 Å². The van der Waals surface area contributed by atoms with Crippen molar-refractivity contribution >= 4 is 39.2 Å². The molecular formula is C15H13BrN2O3. The molecule has 108 valence electrons. The number of rotatable bonds is 3. The topological polar surface area (TPSA) is 83.6 Å². The van der Waals surface area contributed by atoms with Crippen molar-refractivity contribution < 1.29 is 14.7 Å². The van der Waals surface area contributed by atoms with Crippen LogP contribution in [0.1, 0.15) is 20.7 Å². The maximum absolute atomic E-state index is 12.5. The van der Waals surface area contributed by atoms with Crippen LogP contribution in [0.3, 0.4) is 0 Å². The molecule has 0 aliphatic carbocycles. The fourth-order valence-electron chi connectivity index (χ4n) is 1.99. The van der Waals surface area contributed by atoms with Gasteiger partial charge in [-0.1, -0.05) is 28.1 Å². The first kappa shape index (κ1) is 15.1. The number of amides is 1. The minimum Gasteiger partial charge on any atom is -0.478 e. The largest absolute Gasteiger partial charge is 0.478 e. The van der Waals surface area contributed by atoms with Crippen LogP contribution in [-0.4, -0.2) is 24.0 Å². The summed E-state index contributed by atoms with van der Waals surface area (Å²) in [6.07, 6.45) is 0. The SMILES string of the molecule is CN(C(=O)c1cc(N)cc(Br)c1)c1ccccc1C(=O)O. The maximum Gasteiger partial charge on any atom is 0.337 e. The van der Waals surface area contributed by atoms with Crippen LogP contribution < -0.4 is 10.6 Å². The van der Waals surface area contributed by atoms with Gasteiger partial charge in [-0.25, -0.2) is 4.79 Å². The Morgan fingerprint density at radius 3 is 2.48 bits per heavy atom. The molecule has 0 heterocycles. The number of carboxylic acids is 1. The van der Waals surface area contributed by atoms with Crippen molar-refractivity contribution in [2.24, 2.45) is 0 Å². The molecule has 6 heteroatoms. The van der Waals surface area contributed by atoms with E-state index in [1.165, 1.54) is 18.0 Å². The summed E-state index contributed by atoms with van der Waals surface area (Å²) in [4.78, 5) is 25.0. The lowest BCUT2D eigenvalue weighted by Gasteiger charge is -2.19. The van der Waals surface area contributed by atoms with E-state index >= 15 is 0 Å². The molecular weight excluding hydrogens is 336 g/mol. The number of nitrogen functional groups attached to an aromatic ring is 1. The highest BCUT2D eigenvalue weighted by Crippen LogP contribution is 2.23. The number of hydrogen-bond acceptors (Lipinski definition) is 3. The lowest BCUT2D eigenvalue weighted by molar-refractivity contribution is 0.0697. The summed E-state index contributed by atoms with van der Waals surface area (Å²) in [5.74, 6) is -1.42. The third kappa shape index (κ3) is 3.22. The van der Waals surface area contributed by atoms with Crippen LogP contribution in [0.4, 0.5) is 11.4 Å². The average Bonchev–Trinajstić information content (AvgIpc) is 2.44. The first-order valence-electron chi connectivity index (χ1n) is 6.06. The molecule has 2 rings (SSSR count). The quantitative estimate of drug-likeness (QED) is 0.835. The van der Waals surface area contributed by atoms with E-state index in [1.54, 1.807) is 36.4 Å². The lowest BCUT2D eigenvalue weighted by atomic mass is 10.1. The first-order chi connectivity index (χ1) is 9.90. The van der Waals surface area contributed by atoms with Gasteiger partial charge < -0.3 is 15.7 Å². The van der Waals surface area contributed by atoms with Gasteiger partial charge in [0.1, 0.15) is 0 Å². The molecule has 0 bridgehead atoms. The number of aromatic carboxylic acids is 1. The second kappa shape index (κ2) is 5.97. The Balaban J connectivity index is 2.42. The van der Waals surface area contributed by atoms with Crippen LogP contribution in [0.15, 0.2) is 46.9 Å². The van der Waals surface area contributed by atoms with Crippen molar-refractivity contribution in [3.63, 3.8) is 0 Å². The van der Waals surface area contributed by atoms with Gasteiger partial charge in [-0.2, -0.15) is 0 Å². The molecule has 0 atom stereocenters. The maximum atomic E-state index is 12.5. The molecule has 0 saturated heterocycles. The van der Waals surface area contributed by atoms with Gasteiger partial charge in [0.05, 0.1) is 11.3 Å². The van der Waals surface area contributed by atoms with Gasteiger partial charge in [-0.15, -0.1) is 0 Å². The number of carbonyl (C=O) groups is 2. The van der Waals surface area contributed by atoms with E-state index in [1.807, 2.05) is 0 Å². The molecule has 2 aromatic rings. The highest BCUT2D eigenvalue weighted by atomic mass is 79.9. The van der Waals surface area contributed by atoms with E-state index in [0.717, 1.165) is 0 Å². The van der Waals surface area contributed by atoms with Crippen LogP contribution in [-0.2, 0) is 0 Å². The molecule has 0 aliphatic rings. The molecule has 0 aromatic heterocycles. The van der Waals surface area contributed by atoms with Crippen molar-refractivity contribution in [1.29, 1.82) is 0 Å². The highest BCUT2D eigenvalue weighted by Gasteiger charge is 2.19. The van der Waals surface area contributed by atoms with Crippen LogP contribution >= 0.6 is 15.9 Å². The first-order valence-corrected chi connectivity index (χ1v) is 6.86. The zero-order valence-corrected chi connectivity index (χ0v) is 12.8. The number of halogens is 1. The molecule has 0 spiro atoms. The van der Waals surface area contributed by atoms with Crippen LogP contribution in [0.2, 0.25) is 0 Å². The fourth-order valence-corrected chi connectivity index (χ4v) is 2.50. The van der Waals surface area contributed by atoms with Gasteiger partial charge in [-0.3, -0.25) is 4.79 Å². The predicted molar refractivity (Wildman–Crippen MR) is 84.7 cm³/mol. The van der Waals surface area contributed by atoms with Gasteiger partial charge in [0.25, 0.3) is 5.91 Å². The lowest BCUT2D eigenvalue weighted by Crippen LogP contribution is -2.28. The Labute approximate surface area is 130 Å². The normalized spacial score (nSPS) is 10.2. The summed E-state index contributed by atoms with van der Waals surface area (Å²) in [5, 5.41) is 9.19. The molecule has 3 N–H and O–H groups in total. The van der Waals surface area contributed by atoms with E-state index in [4.69, 9.17) is 5.73 Å². The van der Waals surface area contributed by atoms with Crippen molar-refractivity contribution in [3.05, 3.63) is 58.1 Å². The average molecular weight is 349 g/mol. The van der Waals surface area contributed by atoms with Crippen molar-refractivity contribution in [3.8, 4) is 0 Å². The van der Waals surface area contributed by atoms with Crippen LogP contribution in [0, 0.1) is 0 Å². The van der Waals surface area contributed by atoms with Crippen molar-refractivity contribution in [2.75, 3.05) is 17.7 Å². The molecule has 0 saturated carbocycles. The second-order valence-electron chi connectivity index (χ2n) is 4.46. The Bertz CT molecular complexity index is 696. The van der Waals surface area contributed by atoms with E-state index in [0.29, 0.717) is 21.4 Å². The summed E-state index contributed by atoms with van der Waals surface area (Å²) in [6.45, 7) is 0. The molecule has 0 radical (unpaired) electrons. The zero-order chi connectivity index (χ0) is 15.6. The van der Waals surface area contributed by atoms with Gasteiger partial charge in [-0.05, 0) is 30.3 Å². The molecule has 1 amide bonds. The van der Waals surface area contributed by atoms with Gasteiger partial charge in [0, 0.05) is 22.8 Å². The molecule has 0 aliphatic heterocycles. The number of nitrogens with zero attached hydrogens (tertiary/aromatic N) is 1. The smallest absolute Gasteiger partial charge is 0.337 e. The molecule has 0 fully saturated rings. The Morgan fingerprint density at radius 2 is 1.86 bits per heavy atom. The minimum atomic E-state index is -1.08. The summed E-state index contributed by atoms with van der Waals surface area (Å²) < 4.78 is 0.686. The van der Waals surface area contributed by atoms with E-state index in [-0.39, 0.29) is 11.5 Å². The monoisotopic (exact) mass is 348 g/mol. The van der Waals surface area contributed by atoms with Crippen LogP contribution in [0.5, 0.6) is 0 Å². The number of carboxylic acid groups (broad SMARTS) is 1. The highest BCUT2D eigenvalue weighted by molar-refractivity contribution is 9.10. The Morgan fingerprint density at radius 1 is 1.19 bits per heavy atom. The molecule has 5 nitrogen and oxygen atoms in total. The Kier molecular flexibility index (Phi) is 4.28. The summed E-state index contributed by atoms with van der Waals surface area (Å²) in [5.41, 5.74) is 6.94. The third-order valence-electron chi connectivity index (χ3n) is 2.97. The van der Waals surface area contributed by atoms with E-state index in [9.17, 15) is 14.7 Å². The number of anilines is 2. The predicted octanol–water partition coefficient (Wildman–Crippen LogP) is 3.01. The van der Waals surface area contributed by atoms with Gasteiger partial charge in [0.15, 0.2) is 0 Å². The van der Waals surface area contributed by atoms with E-state index in [2.05, 4.69) is 15.9 Å². The summed E-state index contributed by atoms with van der Waals surface area (Å²) >= 11 is 3.28. The van der Waals surface area contributed by atoms with Crippen LogP contribution in [0.25, 0.3) is 0 Å². The zero-order valence-electron chi connectivity index (χ0n) is 11.2. The standard InChI is InChI=1S/C15H13BrN2O3/c1-18(13-5-3-2-4-12(13)15(20)21)14(19)9-6-10(16)8-11(17)7-9/h2-8H,17H2,1H3,(H,20,21). The van der Waals surface area contributed by atoms with Gasteiger partial charge in [0.2, 0.25) is 0 Å². The summed E-state index contributed by atoms with van der Waals surface area (Å²) in [6, 6.07) is 11.2. The second-order valence-corrected chi connectivity index (χ2v) is 5.38. The number of para-hydroxylation sites is 1. The van der Waals surface area contributed by atoms with Crippen molar-refractivity contribution in [1.82, 2.24) is 0 Å². The molecule has 2 aromatic carbocycles. The number of benzene rings is 2. The molecule has 21 heavy (non-hydrogen) atoms. The fraction of sp³-hybridized carbons (Fsp3) is 0.0667. The van der Waals surface area contributed by atoms with Gasteiger partial charge >= 0.3 is 5.97 Å². The number of carbonyl (C=O) groups excluding carboxylic acids is 1. The minimum absolute atomic E-state index is 0.0660. The summed E-state index contributed by atoms with van der Waals surface area (Å²) in [7, 11) is 1.53. The molecule has 0 unspecified atom stereocenters. The Hall–Kier alpha value is -2.34. The van der Waals surface area contributed by atoms with Crippen molar-refractivity contribution in [2.45, 2.75) is 0 Å². The number of nitrogens with two attached hydrogens (primary N) is 1. The number of hydrogen-bond donors (Lipinski definition) is 2. The third-order valence-corrected chi connectivity index (χ3v) is 3.43.